The van der Waals surface area contributed by atoms with Crippen LogP contribution in [0.25, 0.3) is 0 Å². The molecule has 0 bridgehead atoms. The van der Waals surface area contributed by atoms with Crippen molar-refractivity contribution in [3.8, 4) is 0 Å². The number of rotatable bonds is 6. The standard InChI is InChI=1S/2C3H8O3/c2*4-1-2-6-3-5/h2*4-5H,1-3H2. The molecule has 6 nitrogen and oxygen atoms in total. The first kappa shape index (κ1) is 14.3. The van der Waals surface area contributed by atoms with E-state index in [-0.39, 0.29) is 40.0 Å². The van der Waals surface area contributed by atoms with Crippen LogP contribution in [0.2, 0.25) is 0 Å². The van der Waals surface area contributed by atoms with Crippen LogP contribution in [0.1, 0.15) is 0 Å². The summed E-state index contributed by atoms with van der Waals surface area (Å²) >= 11 is 0. The lowest BCUT2D eigenvalue weighted by atomic mass is 10.8. The molecule has 0 atom stereocenters. The maximum Gasteiger partial charge on any atom is 0.143 e. The fourth-order valence-electron chi connectivity index (χ4n) is 0.258. The van der Waals surface area contributed by atoms with E-state index in [0.717, 1.165) is 0 Å². The Labute approximate surface area is 71.0 Å². The molecule has 0 aromatic carbocycles. The van der Waals surface area contributed by atoms with E-state index in [1.807, 2.05) is 0 Å². The molecular weight excluding hydrogens is 168 g/mol. The third-order valence-corrected chi connectivity index (χ3v) is 0.654. The van der Waals surface area contributed by atoms with Gasteiger partial charge in [-0.25, -0.2) is 0 Å². The van der Waals surface area contributed by atoms with Crippen molar-refractivity contribution in [1.82, 2.24) is 0 Å². The molecule has 6 heteroatoms. The number of ether oxygens (including phenoxy) is 2. The summed E-state index contributed by atoms with van der Waals surface area (Å²) in [5.41, 5.74) is 0. The zero-order valence-corrected chi connectivity index (χ0v) is 6.85. The minimum absolute atomic E-state index is 0.0272. The highest BCUT2D eigenvalue weighted by molar-refractivity contribution is 4.15. The van der Waals surface area contributed by atoms with E-state index in [4.69, 9.17) is 20.4 Å². The molecule has 0 heterocycles. The van der Waals surface area contributed by atoms with Crippen LogP contribution in [0, 0.1) is 0 Å². The Balaban J connectivity index is 0. The van der Waals surface area contributed by atoms with Crippen molar-refractivity contribution in [2.75, 3.05) is 40.0 Å². The highest BCUT2D eigenvalue weighted by Crippen LogP contribution is 1.64. The molecular formula is C6H16O6. The molecule has 0 spiro atoms. The topological polar surface area (TPSA) is 99.4 Å². The maximum atomic E-state index is 7.96. The molecule has 0 aliphatic carbocycles. The van der Waals surface area contributed by atoms with Crippen LogP contribution >= 0.6 is 0 Å². The number of aliphatic hydroxyl groups excluding tert-OH is 4. The van der Waals surface area contributed by atoms with Gasteiger partial charge in [-0.1, -0.05) is 0 Å². The maximum absolute atomic E-state index is 7.96. The quantitative estimate of drug-likeness (QED) is 0.278. The first-order chi connectivity index (χ1) is 5.83. The molecule has 0 unspecified atom stereocenters. The van der Waals surface area contributed by atoms with Gasteiger partial charge in [0.15, 0.2) is 0 Å². The first-order valence-electron chi connectivity index (χ1n) is 3.42. The molecule has 0 aliphatic rings. The van der Waals surface area contributed by atoms with Crippen molar-refractivity contribution in [2.24, 2.45) is 0 Å². The zero-order valence-electron chi connectivity index (χ0n) is 6.85. The van der Waals surface area contributed by atoms with E-state index in [1.165, 1.54) is 0 Å². The van der Waals surface area contributed by atoms with E-state index < -0.39 is 0 Å². The highest BCUT2D eigenvalue weighted by atomic mass is 16.6. The Morgan fingerprint density at radius 1 is 0.667 bits per heavy atom. The Kier molecular flexibility index (Phi) is 20.3. The van der Waals surface area contributed by atoms with Gasteiger partial charge in [0.05, 0.1) is 26.4 Å². The second-order valence-corrected chi connectivity index (χ2v) is 1.52. The number of hydrogen-bond donors (Lipinski definition) is 4. The fourth-order valence-corrected chi connectivity index (χ4v) is 0.258. The van der Waals surface area contributed by atoms with E-state index in [0.29, 0.717) is 0 Å². The van der Waals surface area contributed by atoms with E-state index >= 15 is 0 Å². The van der Waals surface area contributed by atoms with Gasteiger partial charge in [-0.05, 0) is 0 Å². The predicted molar refractivity (Wildman–Crippen MR) is 40.2 cm³/mol. The van der Waals surface area contributed by atoms with Gasteiger partial charge < -0.3 is 29.9 Å². The van der Waals surface area contributed by atoms with Crippen LogP contribution in [0.15, 0.2) is 0 Å². The van der Waals surface area contributed by atoms with Crippen molar-refractivity contribution in [2.45, 2.75) is 0 Å². The lowest BCUT2D eigenvalue weighted by Crippen LogP contribution is -1.98. The average Bonchev–Trinajstić information content (AvgIpc) is 2.12. The first-order valence-corrected chi connectivity index (χ1v) is 3.42. The monoisotopic (exact) mass is 184 g/mol. The summed E-state index contributed by atoms with van der Waals surface area (Å²) < 4.78 is 8.58. The molecule has 12 heavy (non-hydrogen) atoms. The molecule has 0 saturated heterocycles. The third-order valence-electron chi connectivity index (χ3n) is 0.654. The van der Waals surface area contributed by atoms with Crippen LogP contribution in [-0.4, -0.2) is 60.4 Å². The second-order valence-electron chi connectivity index (χ2n) is 1.52. The minimum Gasteiger partial charge on any atom is -0.394 e. The smallest absolute Gasteiger partial charge is 0.143 e. The summed E-state index contributed by atoms with van der Waals surface area (Å²) in [6.07, 6.45) is 0. The zero-order chi connectivity index (χ0) is 9.66. The highest BCUT2D eigenvalue weighted by Gasteiger charge is 1.75. The molecule has 0 radical (unpaired) electrons. The van der Waals surface area contributed by atoms with E-state index in [1.54, 1.807) is 0 Å². The van der Waals surface area contributed by atoms with Crippen LogP contribution in [0.5, 0.6) is 0 Å². The summed E-state index contributed by atoms with van der Waals surface area (Å²) in [7, 11) is 0. The molecule has 4 N–H and O–H groups in total. The fraction of sp³-hybridized carbons (Fsp3) is 1.00. The minimum atomic E-state index is -0.305. The summed E-state index contributed by atoms with van der Waals surface area (Å²) in [6.45, 7) is -0.227. The molecule has 0 rings (SSSR count). The van der Waals surface area contributed by atoms with Gasteiger partial charge in [0.1, 0.15) is 13.6 Å². The molecule has 0 saturated carbocycles. The molecule has 0 fully saturated rings. The van der Waals surface area contributed by atoms with Crippen molar-refractivity contribution >= 4 is 0 Å². The van der Waals surface area contributed by atoms with Gasteiger partial charge in [-0.15, -0.1) is 0 Å². The predicted octanol–water partition coefficient (Wildman–Crippen LogP) is -2.11. The Hall–Kier alpha value is -0.240. The van der Waals surface area contributed by atoms with Gasteiger partial charge in [0.25, 0.3) is 0 Å². The largest absolute Gasteiger partial charge is 0.394 e. The van der Waals surface area contributed by atoms with Crippen LogP contribution in [0.4, 0.5) is 0 Å². The third kappa shape index (κ3) is 22.6. The van der Waals surface area contributed by atoms with Crippen molar-refractivity contribution < 1.29 is 29.9 Å². The Morgan fingerprint density at radius 2 is 1.00 bits per heavy atom. The summed E-state index contributed by atoms with van der Waals surface area (Å²) in [4.78, 5) is 0. The Morgan fingerprint density at radius 3 is 1.08 bits per heavy atom. The molecule has 0 aliphatic heterocycles. The van der Waals surface area contributed by atoms with Gasteiger partial charge in [0, 0.05) is 0 Å². The van der Waals surface area contributed by atoms with E-state index in [9.17, 15) is 0 Å². The van der Waals surface area contributed by atoms with Gasteiger partial charge >= 0.3 is 0 Å². The van der Waals surface area contributed by atoms with Crippen molar-refractivity contribution in [1.29, 1.82) is 0 Å². The second kappa shape index (κ2) is 17.0. The summed E-state index contributed by atoms with van der Waals surface area (Å²) in [5.74, 6) is 0. The molecule has 0 aromatic rings. The molecule has 76 valence electrons. The van der Waals surface area contributed by atoms with Crippen LogP contribution in [0.3, 0.4) is 0 Å². The Bertz CT molecular complexity index is 44.0. The summed E-state index contributed by atoms with van der Waals surface area (Å²) in [6, 6.07) is 0. The average molecular weight is 184 g/mol. The lowest BCUT2D eigenvalue weighted by molar-refractivity contribution is -0.0159. The molecule has 0 aromatic heterocycles. The number of aliphatic hydroxyl groups is 4. The van der Waals surface area contributed by atoms with Crippen LogP contribution in [-0.2, 0) is 9.47 Å². The molecule has 0 amide bonds. The number of hydrogen-bond acceptors (Lipinski definition) is 6. The SMILES string of the molecule is OCCOCO.OCCOCO. The summed E-state index contributed by atoms with van der Waals surface area (Å²) in [5, 5.41) is 31.7. The van der Waals surface area contributed by atoms with Gasteiger partial charge in [-0.3, -0.25) is 0 Å². The lowest BCUT2D eigenvalue weighted by Gasteiger charge is -1.90. The normalized spacial score (nSPS) is 9.00. The van der Waals surface area contributed by atoms with E-state index in [2.05, 4.69) is 9.47 Å². The van der Waals surface area contributed by atoms with Crippen LogP contribution < -0.4 is 0 Å². The van der Waals surface area contributed by atoms with Crippen molar-refractivity contribution in [3.05, 3.63) is 0 Å². The van der Waals surface area contributed by atoms with Gasteiger partial charge in [0.2, 0.25) is 0 Å². The van der Waals surface area contributed by atoms with Gasteiger partial charge in [-0.2, -0.15) is 0 Å². The van der Waals surface area contributed by atoms with Crippen molar-refractivity contribution in [3.63, 3.8) is 0 Å².